The molecule has 2 heterocycles. The topological polar surface area (TPSA) is 104 Å². The Bertz CT molecular complexity index is 921. The van der Waals surface area contributed by atoms with Crippen LogP contribution in [0.2, 0.25) is 0 Å². The highest BCUT2D eigenvalue weighted by Crippen LogP contribution is 2.34. The summed E-state index contributed by atoms with van der Waals surface area (Å²) in [4.78, 5) is 21.0. The van der Waals surface area contributed by atoms with Gasteiger partial charge in [-0.05, 0) is 30.7 Å². The number of ether oxygens (including phenoxy) is 1. The Labute approximate surface area is 153 Å². The Balaban J connectivity index is 1.89. The van der Waals surface area contributed by atoms with Crippen LogP contribution in [0.25, 0.3) is 10.6 Å². The monoisotopic (exact) mass is 372 g/mol. The fourth-order valence-electron chi connectivity index (χ4n) is 2.39. The van der Waals surface area contributed by atoms with Crippen molar-refractivity contribution in [1.29, 1.82) is 0 Å². The average molecular weight is 372 g/mol. The lowest BCUT2D eigenvalue weighted by Gasteiger charge is -2.08. The zero-order chi connectivity index (χ0) is 18.7. The van der Waals surface area contributed by atoms with E-state index in [0.29, 0.717) is 22.2 Å². The molecule has 8 heteroatoms. The molecule has 0 saturated carbocycles. The predicted octanol–water partition coefficient (Wildman–Crippen LogP) is 3.17. The third-order valence-electron chi connectivity index (χ3n) is 3.76. The van der Waals surface area contributed by atoms with Crippen LogP contribution in [0.1, 0.15) is 28.5 Å². The van der Waals surface area contributed by atoms with Gasteiger partial charge in [-0.1, -0.05) is 18.3 Å². The Morgan fingerprint density at radius 3 is 2.81 bits per heavy atom. The lowest BCUT2D eigenvalue weighted by molar-refractivity contribution is 0.0738. The zero-order valence-corrected chi connectivity index (χ0v) is 14.8. The smallest absolute Gasteiger partial charge is 0.344 e. The van der Waals surface area contributed by atoms with Gasteiger partial charge < -0.3 is 16.2 Å². The molecule has 26 heavy (non-hydrogen) atoms. The van der Waals surface area contributed by atoms with Crippen LogP contribution >= 0.6 is 11.3 Å². The molecule has 0 atom stereocenters. The molecule has 0 amide bonds. The van der Waals surface area contributed by atoms with Crippen LogP contribution in [0.4, 0.5) is 10.1 Å². The van der Waals surface area contributed by atoms with Crippen molar-refractivity contribution in [1.82, 2.24) is 9.97 Å². The van der Waals surface area contributed by atoms with Crippen molar-refractivity contribution in [3.05, 3.63) is 59.3 Å². The number of hydrogen-bond donors (Lipinski definition) is 2. The molecule has 0 fully saturated rings. The number of nitrogens with zero attached hydrogens (tertiary/aromatic N) is 2. The lowest BCUT2D eigenvalue weighted by atomic mass is 10.1. The molecule has 0 aliphatic heterocycles. The van der Waals surface area contributed by atoms with E-state index in [-0.39, 0.29) is 23.4 Å². The normalized spacial score (nSPS) is 10.7. The first-order valence-electron chi connectivity index (χ1n) is 7.93. The van der Waals surface area contributed by atoms with Gasteiger partial charge in [-0.25, -0.2) is 14.2 Å². The van der Waals surface area contributed by atoms with Crippen LogP contribution in [0.15, 0.2) is 36.7 Å². The van der Waals surface area contributed by atoms with Gasteiger partial charge in [-0.2, -0.15) is 0 Å². The Hall–Kier alpha value is -2.84. The van der Waals surface area contributed by atoms with Crippen molar-refractivity contribution in [2.24, 2.45) is 5.73 Å². The molecular weight excluding hydrogens is 355 g/mol. The van der Waals surface area contributed by atoms with Crippen molar-refractivity contribution >= 4 is 23.0 Å². The first kappa shape index (κ1) is 18.0. The molecule has 1 aromatic carbocycles. The molecule has 6 nitrogen and oxygen atoms in total. The number of carbonyl (C=O) groups excluding carboxylic acids is 1. The van der Waals surface area contributed by atoms with Gasteiger partial charge in [0.1, 0.15) is 10.8 Å². The van der Waals surface area contributed by atoms with E-state index in [4.69, 9.17) is 16.2 Å². The van der Waals surface area contributed by atoms with Gasteiger partial charge in [0, 0.05) is 35.8 Å². The lowest BCUT2D eigenvalue weighted by Crippen LogP contribution is -2.12. The van der Waals surface area contributed by atoms with Gasteiger partial charge in [-0.15, -0.1) is 0 Å². The Kier molecular flexibility index (Phi) is 5.24. The molecule has 2 aromatic heterocycles. The van der Waals surface area contributed by atoms with Crippen LogP contribution in [0.3, 0.4) is 0 Å². The molecule has 4 N–H and O–H groups in total. The summed E-state index contributed by atoms with van der Waals surface area (Å²) in [5, 5.41) is 1.07. The number of pyridine rings is 1. The van der Waals surface area contributed by atoms with Crippen LogP contribution in [-0.4, -0.2) is 15.9 Å². The average Bonchev–Trinajstić information content (AvgIpc) is 3.05. The largest absolute Gasteiger partial charge is 0.410 e. The second kappa shape index (κ2) is 7.59. The van der Waals surface area contributed by atoms with Crippen LogP contribution in [-0.2, 0) is 13.0 Å². The highest BCUT2D eigenvalue weighted by atomic mass is 32.1. The fraction of sp³-hybridized carbons (Fsp3) is 0.167. The summed E-state index contributed by atoms with van der Waals surface area (Å²) >= 11 is 1.24. The number of aromatic nitrogens is 2. The van der Waals surface area contributed by atoms with Crippen LogP contribution in [0.5, 0.6) is 5.06 Å². The summed E-state index contributed by atoms with van der Waals surface area (Å²) in [5.74, 6) is -1.33. The highest BCUT2D eigenvalue weighted by Gasteiger charge is 2.19. The minimum Gasteiger partial charge on any atom is -0.410 e. The van der Waals surface area contributed by atoms with Gasteiger partial charge in [-0.3, -0.25) is 4.98 Å². The second-order valence-corrected chi connectivity index (χ2v) is 6.43. The Morgan fingerprint density at radius 2 is 2.19 bits per heavy atom. The minimum atomic E-state index is -0.699. The number of halogens is 1. The van der Waals surface area contributed by atoms with Crippen molar-refractivity contribution in [2.45, 2.75) is 19.9 Å². The maximum Gasteiger partial charge on any atom is 0.344 e. The van der Waals surface area contributed by atoms with E-state index < -0.39 is 11.8 Å². The molecule has 0 bridgehead atoms. The number of esters is 1. The van der Waals surface area contributed by atoms with E-state index in [1.165, 1.54) is 17.4 Å². The molecule has 0 unspecified atom stereocenters. The number of benzene rings is 1. The van der Waals surface area contributed by atoms with Gasteiger partial charge in [0.2, 0.25) is 5.06 Å². The predicted molar refractivity (Wildman–Crippen MR) is 98.4 cm³/mol. The van der Waals surface area contributed by atoms with E-state index >= 15 is 0 Å². The number of anilines is 1. The van der Waals surface area contributed by atoms with Crippen LogP contribution in [0, 0.1) is 5.82 Å². The number of carbonyl (C=O) groups is 1. The van der Waals surface area contributed by atoms with Gasteiger partial charge in [0.05, 0.1) is 11.3 Å². The van der Waals surface area contributed by atoms with Gasteiger partial charge in [0.15, 0.2) is 0 Å². The number of nitrogens with two attached hydrogens (primary N) is 2. The third-order valence-corrected chi connectivity index (χ3v) is 4.78. The summed E-state index contributed by atoms with van der Waals surface area (Å²) < 4.78 is 19.4. The maximum atomic E-state index is 14.0. The standard InChI is InChI=1S/C18H17FN4O2S/c1-2-15-18(26-16(23-15)10-4-3-5-22-9-10)25-17(24)11-6-13(19)12(8-20)14(21)7-11/h3-7,9H,2,8,20-21H2,1H3. The molecule has 0 aliphatic rings. The van der Waals surface area contributed by atoms with Crippen molar-refractivity contribution in [3.8, 4) is 15.6 Å². The quantitative estimate of drug-likeness (QED) is 0.527. The molecule has 3 rings (SSSR count). The molecule has 0 radical (unpaired) electrons. The molecule has 3 aromatic rings. The number of hydrogen-bond acceptors (Lipinski definition) is 7. The zero-order valence-electron chi connectivity index (χ0n) is 14.0. The summed E-state index contributed by atoms with van der Waals surface area (Å²) in [6, 6.07) is 6.12. The molecular formula is C18H17FN4O2S. The molecule has 0 saturated heterocycles. The van der Waals surface area contributed by atoms with Crippen molar-refractivity contribution in [3.63, 3.8) is 0 Å². The highest BCUT2D eigenvalue weighted by molar-refractivity contribution is 7.17. The fourth-order valence-corrected chi connectivity index (χ4v) is 3.38. The summed E-state index contributed by atoms with van der Waals surface area (Å²) in [5.41, 5.74) is 13.0. The number of aryl methyl sites for hydroxylation is 1. The first-order chi connectivity index (χ1) is 12.5. The van der Waals surface area contributed by atoms with Gasteiger partial charge in [0.25, 0.3) is 0 Å². The summed E-state index contributed by atoms with van der Waals surface area (Å²) in [6.45, 7) is 1.86. The summed E-state index contributed by atoms with van der Waals surface area (Å²) in [6.07, 6.45) is 3.94. The van der Waals surface area contributed by atoms with Crippen molar-refractivity contribution < 1.29 is 13.9 Å². The van der Waals surface area contributed by atoms with E-state index in [9.17, 15) is 9.18 Å². The van der Waals surface area contributed by atoms with E-state index in [2.05, 4.69) is 9.97 Å². The molecule has 134 valence electrons. The van der Waals surface area contributed by atoms with Crippen LogP contribution < -0.4 is 16.2 Å². The van der Waals surface area contributed by atoms with Gasteiger partial charge >= 0.3 is 5.97 Å². The summed E-state index contributed by atoms with van der Waals surface area (Å²) in [7, 11) is 0. The van der Waals surface area contributed by atoms with Crippen molar-refractivity contribution in [2.75, 3.05) is 5.73 Å². The molecule has 0 aliphatic carbocycles. The Morgan fingerprint density at radius 1 is 1.38 bits per heavy atom. The van der Waals surface area contributed by atoms with E-state index in [1.54, 1.807) is 18.5 Å². The minimum absolute atomic E-state index is 0.0237. The van der Waals surface area contributed by atoms with E-state index in [0.717, 1.165) is 11.6 Å². The maximum absolute atomic E-state index is 14.0. The number of thiazole rings is 1. The second-order valence-electron chi connectivity index (χ2n) is 5.47. The number of nitrogen functional groups attached to an aromatic ring is 1. The van der Waals surface area contributed by atoms with E-state index in [1.807, 2.05) is 13.0 Å². The SMILES string of the molecule is CCc1nc(-c2cccnc2)sc1OC(=O)c1cc(N)c(CN)c(F)c1. The third kappa shape index (κ3) is 3.56. The first-order valence-corrected chi connectivity index (χ1v) is 8.75. The molecule has 0 spiro atoms. The number of rotatable bonds is 5.